The zero-order valence-electron chi connectivity index (χ0n) is 12.6. The third-order valence-electron chi connectivity index (χ3n) is 4.32. The van der Waals surface area contributed by atoms with Crippen molar-refractivity contribution in [2.45, 2.75) is 6.54 Å². The summed E-state index contributed by atoms with van der Waals surface area (Å²) in [6.45, 7) is 4.81. The highest BCUT2D eigenvalue weighted by Crippen LogP contribution is 2.17. The lowest BCUT2D eigenvalue weighted by Gasteiger charge is -2.34. The number of rotatable bonds is 3. The molecule has 1 aromatic carbocycles. The highest BCUT2D eigenvalue weighted by Gasteiger charge is 2.20. The molecule has 1 N–H and O–H groups in total. The van der Waals surface area contributed by atoms with E-state index < -0.39 is 0 Å². The van der Waals surface area contributed by atoms with Gasteiger partial charge < -0.3 is 9.47 Å². The number of hydrogen-bond donors (Lipinski definition) is 1. The van der Waals surface area contributed by atoms with Gasteiger partial charge >= 0.3 is 0 Å². The first-order chi connectivity index (χ1) is 10.8. The molecule has 0 bridgehead atoms. The second-order valence-corrected chi connectivity index (χ2v) is 5.65. The van der Waals surface area contributed by atoms with Crippen molar-refractivity contribution >= 4 is 17.0 Å². The van der Waals surface area contributed by atoms with E-state index in [0.717, 1.165) is 50.0 Å². The van der Waals surface area contributed by atoms with Crippen LogP contribution in [0.3, 0.4) is 0 Å². The van der Waals surface area contributed by atoms with Crippen LogP contribution in [0.15, 0.2) is 30.6 Å². The maximum atomic E-state index is 4.75. The lowest BCUT2D eigenvalue weighted by atomic mass is 10.3. The minimum Gasteiger partial charge on any atom is -0.339 e. The van der Waals surface area contributed by atoms with E-state index in [-0.39, 0.29) is 0 Å². The molecule has 0 spiro atoms. The number of fused-ring (bicyclic) bond motifs is 1. The second kappa shape index (κ2) is 5.42. The Labute approximate surface area is 128 Å². The molecule has 1 saturated heterocycles. The molecule has 7 nitrogen and oxygen atoms in total. The van der Waals surface area contributed by atoms with E-state index >= 15 is 0 Å². The van der Waals surface area contributed by atoms with E-state index in [0.29, 0.717) is 0 Å². The molecule has 0 radical (unpaired) electrons. The Morgan fingerprint density at radius 2 is 1.95 bits per heavy atom. The van der Waals surface area contributed by atoms with Gasteiger partial charge in [-0.25, -0.2) is 10.1 Å². The smallest absolute Gasteiger partial charge is 0.221 e. The van der Waals surface area contributed by atoms with Crippen LogP contribution in [0.2, 0.25) is 0 Å². The van der Waals surface area contributed by atoms with E-state index in [1.165, 1.54) is 5.52 Å². The summed E-state index contributed by atoms with van der Waals surface area (Å²) < 4.78 is 2.19. The summed E-state index contributed by atoms with van der Waals surface area (Å²) in [6.07, 6.45) is 1.56. The van der Waals surface area contributed by atoms with Crippen molar-refractivity contribution in [1.82, 2.24) is 29.6 Å². The number of hydrogen-bond acceptors (Lipinski definition) is 5. The molecule has 1 aliphatic heterocycles. The van der Waals surface area contributed by atoms with Crippen LogP contribution in [0.1, 0.15) is 5.82 Å². The Balaban J connectivity index is 1.45. The standard InChI is InChI=1S/C15H19N7/c1-20-13-5-3-2-4-12(13)18-14(20)10-21-6-8-22(9-7-21)15-16-11-17-19-15/h2-5,11H,6-10H2,1H3,(H,16,17,19). The fraction of sp³-hybridized carbons (Fsp3) is 0.400. The van der Waals surface area contributed by atoms with E-state index in [1.807, 2.05) is 6.07 Å². The molecule has 2 aromatic heterocycles. The van der Waals surface area contributed by atoms with Gasteiger partial charge in [-0.1, -0.05) is 12.1 Å². The Morgan fingerprint density at radius 3 is 2.68 bits per heavy atom. The zero-order valence-corrected chi connectivity index (χ0v) is 12.6. The van der Waals surface area contributed by atoms with Gasteiger partial charge in [0, 0.05) is 33.2 Å². The first kappa shape index (κ1) is 13.3. The third-order valence-corrected chi connectivity index (χ3v) is 4.32. The molecule has 0 aliphatic carbocycles. The molecule has 1 aliphatic rings. The van der Waals surface area contributed by atoms with Gasteiger partial charge in [0.05, 0.1) is 17.6 Å². The van der Waals surface area contributed by atoms with Crippen LogP contribution in [0.25, 0.3) is 11.0 Å². The lowest BCUT2D eigenvalue weighted by molar-refractivity contribution is 0.241. The van der Waals surface area contributed by atoms with Gasteiger partial charge in [0.1, 0.15) is 12.2 Å². The number of benzene rings is 1. The van der Waals surface area contributed by atoms with Gasteiger partial charge in [0.15, 0.2) is 0 Å². The van der Waals surface area contributed by atoms with Crippen LogP contribution in [0.5, 0.6) is 0 Å². The lowest BCUT2D eigenvalue weighted by Crippen LogP contribution is -2.46. The van der Waals surface area contributed by atoms with Crippen molar-refractivity contribution in [3.63, 3.8) is 0 Å². The largest absolute Gasteiger partial charge is 0.339 e. The van der Waals surface area contributed by atoms with Gasteiger partial charge in [-0.15, -0.1) is 0 Å². The summed E-state index contributed by atoms with van der Waals surface area (Å²) in [7, 11) is 2.09. The maximum Gasteiger partial charge on any atom is 0.221 e. The average molecular weight is 297 g/mol. The Kier molecular flexibility index (Phi) is 3.27. The molecular weight excluding hydrogens is 278 g/mol. The zero-order chi connectivity index (χ0) is 14.9. The van der Waals surface area contributed by atoms with Gasteiger partial charge in [-0.3, -0.25) is 4.90 Å². The molecule has 0 saturated carbocycles. The number of aromatic nitrogens is 5. The average Bonchev–Trinajstić information content (AvgIpc) is 3.18. The first-order valence-corrected chi connectivity index (χ1v) is 7.54. The number of piperazine rings is 1. The summed E-state index contributed by atoms with van der Waals surface area (Å²) in [5.74, 6) is 1.98. The number of H-pyrrole nitrogens is 1. The number of nitrogens with zero attached hydrogens (tertiary/aromatic N) is 6. The minimum absolute atomic E-state index is 0.863. The van der Waals surface area contributed by atoms with E-state index in [1.54, 1.807) is 6.33 Å². The van der Waals surface area contributed by atoms with Crippen molar-refractivity contribution in [2.24, 2.45) is 7.05 Å². The molecule has 7 heteroatoms. The monoisotopic (exact) mass is 297 g/mol. The van der Waals surface area contributed by atoms with Gasteiger partial charge in [0.25, 0.3) is 0 Å². The molecule has 22 heavy (non-hydrogen) atoms. The Bertz CT molecular complexity index is 753. The number of aromatic amines is 1. The quantitative estimate of drug-likeness (QED) is 0.781. The fourth-order valence-corrected chi connectivity index (χ4v) is 3.01. The number of aryl methyl sites for hydroxylation is 1. The minimum atomic E-state index is 0.863. The second-order valence-electron chi connectivity index (χ2n) is 5.65. The Morgan fingerprint density at radius 1 is 1.14 bits per heavy atom. The van der Waals surface area contributed by atoms with Crippen molar-refractivity contribution in [3.8, 4) is 0 Å². The number of imidazole rings is 1. The number of anilines is 1. The normalized spacial score (nSPS) is 16.5. The predicted molar refractivity (Wildman–Crippen MR) is 84.6 cm³/mol. The molecule has 0 amide bonds. The van der Waals surface area contributed by atoms with Gasteiger partial charge in [-0.2, -0.15) is 10.1 Å². The molecule has 3 heterocycles. The third kappa shape index (κ3) is 2.33. The van der Waals surface area contributed by atoms with Crippen LogP contribution in [0.4, 0.5) is 5.95 Å². The first-order valence-electron chi connectivity index (χ1n) is 7.54. The number of para-hydroxylation sites is 2. The van der Waals surface area contributed by atoms with Crippen molar-refractivity contribution in [2.75, 3.05) is 31.1 Å². The van der Waals surface area contributed by atoms with Crippen molar-refractivity contribution < 1.29 is 0 Å². The molecular formula is C15H19N7. The predicted octanol–water partition coefficient (Wildman–Crippen LogP) is 1.01. The van der Waals surface area contributed by atoms with Crippen LogP contribution < -0.4 is 4.90 Å². The molecule has 4 rings (SSSR count). The van der Waals surface area contributed by atoms with Crippen LogP contribution in [-0.4, -0.2) is 55.8 Å². The molecule has 0 atom stereocenters. The SMILES string of the molecule is Cn1c(CN2CCN(c3ncn[nH]3)CC2)nc2ccccc21. The topological polar surface area (TPSA) is 65.9 Å². The van der Waals surface area contributed by atoms with Gasteiger partial charge in [-0.05, 0) is 12.1 Å². The summed E-state index contributed by atoms with van der Waals surface area (Å²) in [5.41, 5.74) is 2.26. The van der Waals surface area contributed by atoms with E-state index in [2.05, 4.69) is 54.8 Å². The summed E-state index contributed by atoms with van der Waals surface area (Å²) >= 11 is 0. The highest BCUT2D eigenvalue weighted by molar-refractivity contribution is 5.75. The van der Waals surface area contributed by atoms with Crippen molar-refractivity contribution in [1.29, 1.82) is 0 Å². The van der Waals surface area contributed by atoms with E-state index in [9.17, 15) is 0 Å². The molecule has 0 unspecified atom stereocenters. The maximum absolute atomic E-state index is 4.75. The molecule has 1 fully saturated rings. The summed E-state index contributed by atoms with van der Waals surface area (Å²) in [5, 5.41) is 6.84. The van der Waals surface area contributed by atoms with Gasteiger partial charge in [0.2, 0.25) is 5.95 Å². The van der Waals surface area contributed by atoms with Crippen molar-refractivity contribution in [3.05, 3.63) is 36.4 Å². The highest BCUT2D eigenvalue weighted by atomic mass is 15.4. The summed E-state index contributed by atoms with van der Waals surface area (Å²) in [6, 6.07) is 8.29. The fourth-order valence-electron chi connectivity index (χ4n) is 3.01. The summed E-state index contributed by atoms with van der Waals surface area (Å²) in [4.78, 5) is 13.6. The molecule has 3 aromatic rings. The number of nitrogens with one attached hydrogen (secondary N) is 1. The van der Waals surface area contributed by atoms with Crippen LogP contribution in [-0.2, 0) is 13.6 Å². The van der Waals surface area contributed by atoms with Crippen LogP contribution >= 0.6 is 0 Å². The van der Waals surface area contributed by atoms with Crippen LogP contribution in [0, 0.1) is 0 Å². The van der Waals surface area contributed by atoms with E-state index in [4.69, 9.17) is 4.98 Å². The molecule has 114 valence electrons. The Hall–Kier alpha value is -2.41.